The number of hydrogen-bond acceptors (Lipinski definition) is 4. The number of amides is 2. The molecule has 1 fully saturated rings. The number of nitrogens with one attached hydrogen (secondary N) is 1. The van der Waals surface area contributed by atoms with Gasteiger partial charge in [-0.05, 0) is 19.9 Å². The summed E-state index contributed by atoms with van der Waals surface area (Å²) in [6.07, 6.45) is 0. The van der Waals surface area contributed by atoms with Crippen molar-refractivity contribution in [2.24, 2.45) is 11.1 Å². The molecule has 1 aromatic rings. The number of carbonyl (C=O) groups excluding carboxylic acids is 2. The minimum Gasteiger partial charge on any atom is -0.364 e. The molecule has 0 aromatic carbocycles. The van der Waals surface area contributed by atoms with Crippen molar-refractivity contribution in [2.45, 2.75) is 33.0 Å². The van der Waals surface area contributed by atoms with Gasteiger partial charge in [0.15, 0.2) is 0 Å². The zero-order valence-corrected chi connectivity index (χ0v) is 11.7. The second-order valence-corrected chi connectivity index (χ2v) is 6.00. The molecule has 1 spiro atoms. The molecule has 1 atom stereocenters. The summed E-state index contributed by atoms with van der Waals surface area (Å²) in [6.45, 7) is 6.75. The van der Waals surface area contributed by atoms with Crippen molar-refractivity contribution >= 4 is 11.8 Å². The molecular formula is C13H19N5O2. The van der Waals surface area contributed by atoms with E-state index in [-0.39, 0.29) is 11.6 Å². The summed E-state index contributed by atoms with van der Waals surface area (Å²) >= 11 is 0. The van der Waals surface area contributed by atoms with E-state index in [4.69, 9.17) is 5.73 Å². The van der Waals surface area contributed by atoms with Gasteiger partial charge in [0.2, 0.25) is 5.91 Å². The van der Waals surface area contributed by atoms with E-state index in [0.717, 1.165) is 5.69 Å². The molecule has 0 aliphatic carbocycles. The molecule has 3 N–H and O–H groups in total. The summed E-state index contributed by atoms with van der Waals surface area (Å²) in [5.74, 6) is -0.471. The maximum absolute atomic E-state index is 12.0. The van der Waals surface area contributed by atoms with Crippen LogP contribution in [-0.2, 0) is 17.9 Å². The van der Waals surface area contributed by atoms with E-state index in [0.29, 0.717) is 32.2 Å². The molecule has 7 nitrogen and oxygen atoms in total. The second-order valence-electron chi connectivity index (χ2n) is 6.00. The maximum Gasteiger partial charge on any atom is 0.269 e. The predicted molar refractivity (Wildman–Crippen MR) is 71.7 cm³/mol. The Balaban J connectivity index is 2.00. The molecule has 2 amide bonds. The molecule has 1 aromatic heterocycles. The first-order valence-corrected chi connectivity index (χ1v) is 6.80. The first kappa shape index (κ1) is 13.1. The lowest BCUT2D eigenvalue weighted by molar-refractivity contribution is -0.143. The van der Waals surface area contributed by atoms with Gasteiger partial charge in [-0.1, -0.05) is 0 Å². The molecule has 0 bridgehead atoms. The highest BCUT2D eigenvalue weighted by Crippen LogP contribution is 2.32. The minimum absolute atomic E-state index is 0.0622. The SMILES string of the molecule is CC(C)N1Cc2cc(C(N)=O)nn2CC2(CNC2=O)C1. The summed E-state index contributed by atoms with van der Waals surface area (Å²) in [7, 11) is 0. The molecule has 7 heteroatoms. The molecule has 0 radical (unpaired) electrons. The highest BCUT2D eigenvalue weighted by molar-refractivity contribution is 5.91. The molecule has 3 heterocycles. The van der Waals surface area contributed by atoms with Gasteiger partial charge in [-0.25, -0.2) is 0 Å². The van der Waals surface area contributed by atoms with Crippen LogP contribution in [0.15, 0.2) is 6.07 Å². The van der Waals surface area contributed by atoms with Gasteiger partial charge >= 0.3 is 0 Å². The van der Waals surface area contributed by atoms with Crippen LogP contribution in [0.3, 0.4) is 0 Å². The summed E-state index contributed by atoms with van der Waals surface area (Å²) < 4.78 is 1.77. The van der Waals surface area contributed by atoms with Crippen LogP contribution in [0.1, 0.15) is 30.0 Å². The molecule has 20 heavy (non-hydrogen) atoms. The van der Waals surface area contributed by atoms with Crippen LogP contribution in [0.4, 0.5) is 0 Å². The summed E-state index contributed by atoms with van der Waals surface area (Å²) in [5, 5.41) is 7.07. The molecule has 0 saturated carbocycles. The van der Waals surface area contributed by atoms with Gasteiger partial charge in [-0.2, -0.15) is 5.10 Å². The summed E-state index contributed by atoms with van der Waals surface area (Å²) in [5.41, 5.74) is 6.06. The van der Waals surface area contributed by atoms with Crippen LogP contribution in [-0.4, -0.2) is 45.6 Å². The molecule has 108 valence electrons. The fourth-order valence-electron chi connectivity index (χ4n) is 2.86. The second kappa shape index (κ2) is 4.31. The zero-order chi connectivity index (χ0) is 14.5. The highest BCUT2D eigenvalue weighted by Gasteiger charge is 2.49. The zero-order valence-electron chi connectivity index (χ0n) is 11.7. The van der Waals surface area contributed by atoms with E-state index in [1.54, 1.807) is 10.7 Å². The molecule has 1 saturated heterocycles. The number of nitrogens with zero attached hydrogens (tertiary/aromatic N) is 3. The molecule has 1 unspecified atom stereocenters. The third kappa shape index (κ3) is 1.89. The number of primary amides is 1. The number of aromatic nitrogens is 2. The van der Waals surface area contributed by atoms with Crippen molar-refractivity contribution in [3.05, 3.63) is 17.5 Å². The van der Waals surface area contributed by atoms with Gasteiger partial charge in [0.05, 0.1) is 17.7 Å². The maximum atomic E-state index is 12.0. The standard InChI is InChI=1S/C13H19N5O2/c1-8(2)17-4-9-3-10(11(14)19)16-18(9)7-13(6-17)5-15-12(13)20/h3,8H,4-7H2,1-2H3,(H2,14,19)(H,15,20). The van der Waals surface area contributed by atoms with Crippen LogP contribution in [0.5, 0.6) is 0 Å². The Labute approximate surface area is 117 Å². The Morgan fingerprint density at radius 2 is 2.25 bits per heavy atom. The monoisotopic (exact) mass is 277 g/mol. The lowest BCUT2D eigenvalue weighted by Gasteiger charge is -2.42. The van der Waals surface area contributed by atoms with Crippen molar-refractivity contribution in [2.75, 3.05) is 13.1 Å². The van der Waals surface area contributed by atoms with Crippen LogP contribution in [0.2, 0.25) is 0 Å². The van der Waals surface area contributed by atoms with E-state index < -0.39 is 11.3 Å². The quantitative estimate of drug-likeness (QED) is 0.701. The number of hydrogen-bond donors (Lipinski definition) is 2. The van der Waals surface area contributed by atoms with Gasteiger partial charge in [0, 0.05) is 25.7 Å². The fraction of sp³-hybridized carbons (Fsp3) is 0.615. The average Bonchev–Trinajstić information content (AvgIpc) is 2.70. The summed E-state index contributed by atoms with van der Waals surface area (Å²) in [4.78, 5) is 25.5. The van der Waals surface area contributed by atoms with Crippen molar-refractivity contribution in [3.63, 3.8) is 0 Å². The lowest BCUT2D eigenvalue weighted by Crippen LogP contribution is -2.64. The van der Waals surface area contributed by atoms with E-state index >= 15 is 0 Å². The van der Waals surface area contributed by atoms with Gasteiger partial charge in [0.25, 0.3) is 5.91 Å². The third-order valence-electron chi connectivity index (χ3n) is 4.24. The Morgan fingerprint density at radius 1 is 1.50 bits per heavy atom. The Hall–Kier alpha value is -1.89. The van der Waals surface area contributed by atoms with Crippen LogP contribution in [0, 0.1) is 5.41 Å². The van der Waals surface area contributed by atoms with Gasteiger partial charge in [0.1, 0.15) is 5.69 Å². The van der Waals surface area contributed by atoms with Crippen molar-refractivity contribution in [1.29, 1.82) is 0 Å². The Kier molecular flexibility index (Phi) is 2.82. The minimum atomic E-state index is -0.534. The van der Waals surface area contributed by atoms with Crippen LogP contribution in [0.25, 0.3) is 0 Å². The summed E-state index contributed by atoms with van der Waals surface area (Å²) in [6, 6.07) is 2.05. The largest absolute Gasteiger partial charge is 0.364 e. The van der Waals surface area contributed by atoms with Crippen LogP contribution >= 0.6 is 0 Å². The number of nitrogens with two attached hydrogens (primary N) is 1. The average molecular weight is 277 g/mol. The predicted octanol–water partition coefficient (Wildman–Crippen LogP) is -0.678. The number of carbonyl (C=O) groups is 2. The molecule has 3 rings (SSSR count). The van der Waals surface area contributed by atoms with E-state index in [1.165, 1.54) is 0 Å². The van der Waals surface area contributed by atoms with Gasteiger partial charge in [-0.3, -0.25) is 19.2 Å². The fourth-order valence-corrected chi connectivity index (χ4v) is 2.86. The number of β-lactam (4-membered cyclic amide) rings is 1. The first-order valence-electron chi connectivity index (χ1n) is 6.80. The van der Waals surface area contributed by atoms with E-state index in [2.05, 4.69) is 29.2 Å². The van der Waals surface area contributed by atoms with Gasteiger partial charge in [-0.15, -0.1) is 0 Å². The molecular weight excluding hydrogens is 258 g/mol. The third-order valence-corrected chi connectivity index (χ3v) is 4.24. The molecule has 2 aliphatic rings. The number of rotatable bonds is 2. The Morgan fingerprint density at radius 3 is 2.75 bits per heavy atom. The van der Waals surface area contributed by atoms with Crippen LogP contribution < -0.4 is 11.1 Å². The van der Waals surface area contributed by atoms with Crippen molar-refractivity contribution in [1.82, 2.24) is 20.0 Å². The molecule has 2 aliphatic heterocycles. The van der Waals surface area contributed by atoms with Crippen molar-refractivity contribution in [3.8, 4) is 0 Å². The van der Waals surface area contributed by atoms with E-state index in [1.807, 2.05) is 0 Å². The van der Waals surface area contributed by atoms with E-state index in [9.17, 15) is 9.59 Å². The van der Waals surface area contributed by atoms with Crippen molar-refractivity contribution < 1.29 is 9.59 Å². The number of fused-ring (bicyclic) bond motifs is 1. The topological polar surface area (TPSA) is 93.2 Å². The Bertz CT molecular complexity index is 579. The van der Waals surface area contributed by atoms with Gasteiger partial charge < -0.3 is 11.1 Å². The lowest BCUT2D eigenvalue weighted by atomic mass is 9.80. The first-order chi connectivity index (χ1) is 9.41. The smallest absolute Gasteiger partial charge is 0.269 e. The highest BCUT2D eigenvalue weighted by atomic mass is 16.2. The normalized spacial score (nSPS) is 26.1.